The standard InChI is InChI=1S/C11H13Cl2N3O2/c1-14-7-2-3-15(6-7)10-4-8(12)9(13)5-11(10)16(17)18/h4-5,7,14H,2-3,6H2,1H3. The van der Waals surface area contributed by atoms with Gasteiger partial charge in [0.15, 0.2) is 0 Å². The molecule has 0 spiro atoms. The molecule has 7 heteroatoms. The molecule has 0 bridgehead atoms. The molecule has 1 saturated heterocycles. The quantitative estimate of drug-likeness (QED) is 0.687. The van der Waals surface area contributed by atoms with Gasteiger partial charge in [0.05, 0.1) is 15.0 Å². The highest BCUT2D eigenvalue weighted by Gasteiger charge is 2.27. The number of anilines is 1. The monoisotopic (exact) mass is 289 g/mol. The van der Waals surface area contributed by atoms with Crippen LogP contribution in [-0.2, 0) is 0 Å². The van der Waals surface area contributed by atoms with Crippen molar-refractivity contribution in [3.63, 3.8) is 0 Å². The molecular formula is C11H13Cl2N3O2. The van der Waals surface area contributed by atoms with Gasteiger partial charge in [0.2, 0.25) is 0 Å². The lowest BCUT2D eigenvalue weighted by Gasteiger charge is -2.19. The molecule has 0 aliphatic carbocycles. The first kappa shape index (κ1) is 13.4. The van der Waals surface area contributed by atoms with E-state index in [-0.39, 0.29) is 10.7 Å². The number of hydrogen-bond donors (Lipinski definition) is 1. The minimum Gasteiger partial charge on any atom is -0.364 e. The van der Waals surface area contributed by atoms with E-state index in [1.807, 2.05) is 11.9 Å². The predicted octanol–water partition coefficient (Wildman–Crippen LogP) is 2.70. The van der Waals surface area contributed by atoms with Gasteiger partial charge in [-0.2, -0.15) is 0 Å². The SMILES string of the molecule is CNC1CCN(c2cc(Cl)c(Cl)cc2[N+](=O)[O-])C1. The van der Waals surface area contributed by atoms with E-state index in [2.05, 4.69) is 5.32 Å². The molecule has 1 N–H and O–H groups in total. The largest absolute Gasteiger partial charge is 0.364 e. The number of benzene rings is 1. The van der Waals surface area contributed by atoms with E-state index in [4.69, 9.17) is 23.2 Å². The average Bonchev–Trinajstić information content (AvgIpc) is 2.80. The number of nitro benzene ring substituents is 1. The highest BCUT2D eigenvalue weighted by molar-refractivity contribution is 6.42. The topological polar surface area (TPSA) is 58.4 Å². The summed E-state index contributed by atoms with van der Waals surface area (Å²) in [7, 11) is 1.89. The van der Waals surface area contributed by atoms with Gasteiger partial charge in [-0.3, -0.25) is 10.1 Å². The number of hydrogen-bond acceptors (Lipinski definition) is 4. The molecule has 0 radical (unpaired) electrons. The highest BCUT2D eigenvalue weighted by Crippen LogP contribution is 2.37. The minimum atomic E-state index is -0.426. The number of likely N-dealkylation sites (N-methyl/N-ethyl adjacent to an activating group) is 1. The Bertz CT molecular complexity index is 482. The van der Waals surface area contributed by atoms with Crippen LogP contribution in [0.4, 0.5) is 11.4 Å². The molecule has 0 saturated carbocycles. The summed E-state index contributed by atoms with van der Waals surface area (Å²) in [5.41, 5.74) is 0.535. The van der Waals surface area contributed by atoms with E-state index in [0.29, 0.717) is 16.8 Å². The van der Waals surface area contributed by atoms with E-state index < -0.39 is 4.92 Å². The van der Waals surface area contributed by atoms with Crippen LogP contribution in [0.3, 0.4) is 0 Å². The van der Waals surface area contributed by atoms with Gasteiger partial charge in [-0.15, -0.1) is 0 Å². The van der Waals surface area contributed by atoms with Crippen molar-refractivity contribution in [1.29, 1.82) is 0 Å². The zero-order chi connectivity index (χ0) is 13.3. The zero-order valence-electron chi connectivity index (χ0n) is 9.82. The lowest BCUT2D eigenvalue weighted by Crippen LogP contribution is -2.29. The van der Waals surface area contributed by atoms with Crippen molar-refractivity contribution < 1.29 is 4.92 Å². The summed E-state index contributed by atoms with van der Waals surface area (Å²) in [5, 5.41) is 14.8. The van der Waals surface area contributed by atoms with Crippen molar-refractivity contribution in [2.75, 3.05) is 25.0 Å². The first-order chi connectivity index (χ1) is 8.52. The number of halogens is 2. The van der Waals surface area contributed by atoms with Gasteiger partial charge in [-0.05, 0) is 19.5 Å². The lowest BCUT2D eigenvalue weighted by atomic mass is 10.2. The second-order valence-corrected chi connectivity index (χ2v) is 5.05. The Morgan fingerprint density at radius 1 is 1.44 bits per heavy atom. The second kappa shape index (κ2) is 5.30. The Morgan fingerprint density at radius 2 is 2.11 bits per heavy atom. The number of rotatable bonds is 3. The fourth-order valence-electron chi connectivity index (χ4n) is 2.14. The zero-order valence-corrected chi connectivity index (χ0v) is 11.3. The Balaban J connectivity index is 2.37. The second-order valence-electron chi connectivity index (χ2n) is 4.23. The molecule has 1 aliphatic rings. The smallest absolute Gasteiger partial charge is 0.294 e. The Hall–Kier alpha value is -1.04. The van der Waals surface area contributed by atoms with Crippen LogP contribution in [0.15, 0.2) is 12.1 Å². The van der Waals surface area contributed by atoms with Crippen molar-refractivity contribution >= 4 is 34.6 Å². The molecule has 1 aliphatic heterocycles. The molecule has 1 unspecified atom stereocenters. The molecule has 1 aromatic rings. The molecule has 0 aromatic heterocycles. The van der Waals surface area contributed by atoms with Crippen molar-refractivity contribution in [3.05, 3.63) is 32.3 Å². The first-order valence-electron chi connectivity index (χ1n) is 5.58. The summed E-state index contributed by atoms with van der Waals surface area (Å²) >= 11 is 11.8. The summed E-state index contributed by atoms with van der Waals surface area (Å²) < 4.78 is 0. The molecule has 1 atom stereocenters. The van der Waals surface area contributed by atoms with Gasteiger partial charge in [0.25, 0.3) is 5.69 Å². The molecule has 98 valence electrons. The molecular weight excluding hydrogens is 277 g/mol. The van der Waals surface area contributed by atoms with Crippen LogP contribution in [0.1, 0.15) is 6.42 Å². The Labute approximate surface area is 115 Å². The lowest BCUT2D eigenvalue weighted by molar-refractivity contribution is -0.384. The minimum absolute atomic E-state index is 0.00107. The molecule has 0 amide bonds. The van der Waals surface area contributed by atoms with Crippen LogP contribution < -0.4 is 10.2 Å². The molecule has 1 heterocycles. The summed E-state index contributed by atoms with van der Waals surface area (Å²) in [6.45, 7) is 1.50. The van der Waals surface area contributed by atoms with Crippen LogP contribution in [0, 0.1) is 10.1 Å². The maximum Gasteiger partial charge on any atom is 0.294 e. The summed E-state index contributed by atoms with van der Waals surface area (Å²) in [4.78, 5) is 12.6. The van der Waals surface area contributed by atoms with Crippen LogP contribution in [-0.4, -0.2) is 31.1 Å². The Morgan fingerprint density at radius 3 is 2.67 bits per heavy atom. The van der Waals surface area contributed by atoms with E-state index in [1.54, 1.807) is 6.07 Å². The van der Waals surface area contributed by atoms with Gasteiger partial charge in [-0.1, -0.05) is 23.2 Å². The molecule has 18 heavy (non-hydrogen) atoms. The molecule has 5 nitrogen and oxygen atoms in total. The average molecular weight is 290 g/mol. The molecule has 1 fully saturated rings. The maximum atomic E-state index is 11.1. The van der Waals surface area contributed by atoms with Crippen molar-refractivity contribution in [1.82, 2.24) is 5.32 Å². The number of nitrogens with zero attached hydrogens (tertiary/aromatic N) is 2. The normalized spacial score (nSPS) is 19.3. The maximum absolute atomic E-state index is 11.1. The third-order valence-electron chi connectivity index (χ3n) is 3.15. The van der Waals surface area contributed by atoms with Gasteiger partial charge < -0.3 is 10.2 Å². The fourth-order valence-corrected chi connectivity index (χ4v) is 2.46. The van der Waals surface area contributed by atoms with Gasteiger partial charge in [0.1, 0.15) is 5.69 Å². The van der Waals surface area contributed by atoms with E-state index in [0.717, 1.165) is 19.5 Å². The van der Waals surface area contributed by atoms with Crippen molar-refractivity contribution in [2.45, 2.75) is 12.5 Å². The number of nitro groups is 1. The summed E-state index contributed by atoms with van der Waals surface area (Å²) in [6.07, 6.45) is 0.952. The highest BCUT2D eigenvalue weighted by atomic mass is 35.5. The molecule has 1 aromatic carbocycles. The van der Waals surface area contributed by atoms with Gasteiger partial charge in [-0.25, -0.2) is 0 Å². The van der Waals surface area contributed by atoms with Crippen LogP contribution in [0.25, 0.3) is 0 Å². The third-order valence-corrected chi connectivity index (χ3v) is 3.87. The van der Waals surface area contributed by atoms with Crippen LogP contribution >= 0.6 is 23.2 Å². The van der Waals surface area contributed by atoms with E-state index in [9.17, 15) is 10.1 Å². The molecule has 2 rings (SSSR count). The van der Waals surface area contributed by atoms with Crippen LogP contribution in [0.5, 0.6) is 0 Å². The first-order valence-corrected chi connectivity index (χ1v) is 6.34. The number of nitrogens with one attached hydrogen (secondary N) is 1. The third kappa shape index (κ3) is 2.53. The predicted molar refractivity (Wildman–Crippen MR) is 72.8 cm³/mol. The summed E-state index contributed by atoms with van der Waals surface area (Å²) in [6, 6.07) is 3.23. The van der Waals surface area contributed by atoms with Crippen molar-refractivity contribution in [3.8, 4) is 0 Å². The van der Waals surface area contributed by atoms with Gasteiger partial charge in [0, 0.05) is 25.2 Å². The fraction of sp³-hybridized carbons (Fsp3) is 0.455. The van der Waals surface area contributed by atoms with E-state index >= 15 is 0 Å². The summed E-state index contributed by atoms with van der Waals surface area (Å²) in [5.74, 6) is 0. The van der Waals surface area contributed by atoms with Crippen LogP contribution in [0.2, 0.25) is 10.0 Å². The van der Waals surface area contributed by atoms with Crippen molar-refractivity contribution in [2.24, 2.45) is 0 Å². The Kier molecular flexibility index (Phi) is 3.94. The van der Waals surface area contributed by atoms with Gasteiger partial charge >= 0.3 is 0 Å². The van der Waals surface area contributed by atoms with E-state index in [1.165, 1.54) is 6.07 Å².